The Bertz CT molecular complexity index is 1460. The van der Waals surface area contributed by atoms with E-state index in [-0.39, 0.29) is 23.9 Å². The van der Waals surface area contributed by atoms with Gasteiger partial charge < -0.3 is 19.6 Å². The number of aromatic nitrogens is 1. The molecule has 2 aromatic carbocycles. The van der Waals surface area contributed by atoms with E-state index in [1.165, 1.54) is 23.1 Å². The number of likely N-dealkylation sites (tertiary alicyclic amines) is 1. The molecule has 0 aliphatic carbocycles. The molecule has 1 N–H and O–H groups in total. The Labute approximate surface area is 229 Å². The van der Waals surface area contributed by atoms with E-state index in [1.807, 2.05) is 12.1 Å². The summed E-state index contributed by atoms with van der Waals surface area (Å²) in [5.74, 6) is -7.51. The van der Waals surface area contributed by atoms with Gasteiger partial charge in [0.2, 0.25) is 11.8 Å². The maximum absolute atomic E-state index is 14.7. The standard InChI is InChI=1S/C25H22F3N3O3.C2HF3O2/c26-19-9-8-17(31-12-3-6-23(31)32)14-18(19)24(33)30-13-11-25(27,28)21(15-30)34-22-10-7-16-4-1-2-5-20(16)29-22;3-2(4,5)1(6)7/h1-2,4-5,7-10,14,21H,3,6,11-13,15H2;(H,6,7)/t21-;/m0./s1. The first-order chi connectivity index (χ1) is 19.3. The Morgan fingerprint density at radius 2 is 1.76 bits per heavy atom. The van der Waals surface area contributed by atoms with Gasteiger partial charge in [-0.15, -0.1) is 0 Å². The maximum Gasteiger partial charge on any atom is 0.490 e. The molecule has 2 aliphatic rings. The van der Waals surface area contributed by atoms with Crippen LogP contribution < -0.4 is 9.64 Å². The number of halogens is 6. The minimum atomic E-state index is -5.08. The Balaban J connectivity index is 0.000000493. The number of carbonyl (C=O) groups is 3. The summed E-state index contributed by atoms with van der Waals surface area (Å²) in [6, 6.07) is 14.3. The second kappa shape index (κ2) is 11.6. The third-order valence-corrected chi connectivity index (χ3v) is 6.50. The normalized spacial score (nSPS) is 18.6. The number of alkyl halides is 5. The number of fused-ring (bicyclic) bond motifs is 1. The number of piperidine rings is 1. The zero-order valence-corrected chi connectivity index (χ0v) is 21.2. The van der Waals surface area contributed by atoms with Gasteiger partial charge in [-0.2, -0.15) is 13.2 Å². The lowest BCUT2D eigenvalue weighted by Gasteiger charge is -2.38. The van der Waals surface area contributed by atoms with Crippen molar-refractivity contribution in [1.29, 1.82) is 0 Å². The van der Waals surface area contributed by atoms with Crippen LogP contribution in [0.2, 0.25) is 0 Å². The van der Waals surface area contributed by atoms with Crippen LogP contribution in [0.15, 0.2) is 54.6 Å². The van der Waals surface area contributed by atoms with Crippen LogP contribution in [0, 0.1) is 5.82 Å². The Morgan fingerprint density at radius 3 is 2.41 bits per heavy atom. The molecule has 8 nitrogen and oxygen atoms in total. The molecule has 0 radical (unpaired) electrons. The zero-order chi connectivity index (χ0) is 29.9. The molecule has 0 saturated carbocycles. The van der Waals surface area contributed by atoms with E-state index >= 15 is 0 Å². The predicted molar refractivity (Wildman–Crippen MR) is 133 cm³/mol. The Hall–Kier alpha value is -4.36. The van der Waals surface area contributed by atoms with Crippen LogP contribution in [0.1, 0.15) is 29.6 Å². The van der Waals surface area contributed by atoms with Crippen LogP contribution in [0.25, 0.3) is 10.9 Å². The van der Waals surface area contributed by atoms with Crippen LogP contribution >= 0.6 is 0 Å². The number of benzene rings is 2. The highest BCUT2D eigenvalue weighted by Gasteiger charge is 2.47. The third kappa shape index (κ3) is 6.87. The summed E-state index contributed by atoms with van der Waals surface area (Å²) in [7, 11) is 0. The van der Waals surface area contributed by atoms with Crippen LogP contribution in [-0.2, 0) is 9.59 Å². The molecule has 41 heavy (non-hydrogen) atoms. The zero-order valence-electron chi connectivity index (χ0n) is 21.2. The van der Waals surface area contributed by atoms with Crippen LogP contribution in [0.3, 0.4) is 0 Å². The van der Waals surface area contributed by atoms with Gasteiger partial charge in [0.1, 0.15) is 5.82 Å². The number of hydrogen-bond donors (Lipinski definition) is 1. The summed E-state index contributed by atoms with van der Waals surface area (Å²) in [6.07, 6.45) is -6.26. The first-order valence-corrected chi connectivity index (χ1v) is 12.4. The molecule has 0 unspecified atom stereocenters. The minimum absolute atomic E-state index is 0.0263. The lowest BCUT2D eigenvalue weighted by molar-refractivity contribution is -0.192. The number of carbonyl (C=O) groups excluding carboxylic acids is 2. The molecule has 218 valence electrons. The molecule has 2 fully saturated rings. The number of hydrogen-bond acceptors (Lipinski definition) is 5. The number of nitrogens with zero attached hydrogens (tertiary/aromatic N) is 3. The fourth-order valence-electron chi connectivity index (χ4n) is 4.37. The lowest BCUT2D eigenvalue weighted by Crippen LogP contribution is -2.55. The summed E-state index contributed by atoms with van der Waals surface area (Å²) in [5.41, 5.74) is 0.759. The van der Waals surface area contributed by atoms with Crippen molar-refractivity contribution >= 4 is 34.4 Å². The third-order valence-electron chi connectivity index (χ3n) is 6.50. The number of para-hydroxylation sites is 1. The van der Waals surface area contributed by atoms with Gasteiger partial charge in [0.05, 0.1) is 17.6 Å². The van der Waals surface area contributed by atoms with Gasteiger partial charge in [0, 0.05) is 43.1 Å². The van der Waals surface area contributed by atoms with Crippen molar-refractivity contribution in [3.8, 4) is 5.88 Å². The topological polar surface area (TPSA) is 100 Å². The van der Waals surface area contributed by atoms with E-state index in [2.05, 4.69) is 4.98 Å². The Morgan fingerprint density at radius 1 is 1.05 bits per heavy atom. The number of pyridine rings is 1. The van der Waals surface area contributed by atoms with Crippen molar-refractivity contribution in [2.24, 2.45) is 0 Å². The SMILES string of the molecule is O=C(O)C(F)(F)F.O=C(c1cc(N2CCCC2=O)ccc1F)N1CCC(F)(F)[C@@H](Oc2ccc3ccccc3n2)C1. The number of anilines is 1. The van der Waals surface area contributed by atoms with Crippen molar-refractivity contribution in [2.45, 2.75) is 37.5 Å². The van der Waals surface area contributed by atoms with Crippen LogP contribution in [0.5, 0.6) is 5.88 Å². The maximum atomic E-state index is 14.7. The smallest absolute Gasteiger partial charge is 0.475 e. The molecular formula is C27H23F6N3O5. The number of aliphatic carboxylic acids is 1. The molecule has 2 saturated heterocycles. The second-order valence-corrected chi connectivity index (χ2v) is 9.33. The average molecular weight is 583 g/mol. The number of carboxylic acid groups (broad SMARTS) is 1. The molecule has 14 heteroatoms. The lowest BCUT2D eigenvalue weighted by atomic mass is 10.0. The second-order valence-electron chi connectivity index (χ2n) is 9.33. The van der Waals surface area contributed by atoms with Crippen molar-refractivity contribution in [1.82, 2.24) is 9.88 Å². The molecule has 3 heterocycles. The Kier molecular flexibility index (Phi) is 8.40. The van der Waals surface area contributed by atoms with Gasteiger partial charge >= 0.3 is 12.1 Å². The predicted octanol–water partition coefficient (Wildman–Crippen LogP) is 5.06. The van der Waals surface area contributed by atoms with Gasteiger partial charge in [0.15, 0.2) is 6.10 Å². The summed E-state index contributed by atoms with van der Waals surface area (Å²) in [5, 5.41) is 7.97. The van der Waals surface area contributed by atoms with Crippen molar-refractivity contribution < 1.29 is 50.6 Å². The van der Waals surface area contributed by atoms with E-state index in [1.54, 1.807) is 18.2 Å². The van der Waals surface area contributed by atoms with E-state index < -0.39 is 48.9 Å². The van der Waals surface area contributed by atoms with E-state index in [4.69, 9.17) is 14.6 Å². The highest BCUT2D eigenvalue weighted by molar-refractivity contribution is 5.99. The highest BCUT2D eigenvalue weighted by atomic mass is 19.4. The molecule has 1 atom stereocenters. The average Bonchev–Trinajstić information content (AvgIpc) is 3.35. The van der Waals surface area contributed by atoms with Crippen LogP contribution in [-0.4, -0.2) is 70.6 Å². The molecule has 2 aliphatic heterocycles. The van der Waals surface area contributed by atoms with Crippen molar-refractivity contribution in [3.05, 3.63) is 66.0 Å². The molecular weight excluding hydrogens is 560 g/mol. The summed E-state index contributed by atoms with van der Waals surface area (Å²) >= 11 is 0. The summed E-state index contributed by atoms with van der Waals surface area (Å²) < 4.78 is 81.2. The van der Waals surface area contributed by atoms with E-state index in [0.29, 0.717) is 30.6 Å². The number of amides is 2. The fourth-order valence-corrected chi connectivity index (χ4v) is 4.37. The molecule has 5 rings (SSSR count). The number of rotatable bonds is 4. The van der Waals surface area contributed by atoms with Crippen molar-refractivity contribution in [3.63, 3.8) is 0 Å². The summed E-state index contributed by atoms with van der Waals surface area (Å²) in [6.45, 7) is -0.182. The van der Waals surface area contributed by atoms with E-state index in [0.717, 1.165) is 16.4 Å². The van der Waals surface area contributed by atoms with Gasteiger partial charge in [0.25, 0.3) is 11.8 Å². The molecule has 2 amide bonds. The molecule has 3 aromatic rings. The van der Waals surface area contributed by atoms with E-state index in [9.17, 15) is 35.9 Å². The van der Waals surface area contributed by atoms with Crippen LogP contribution in [0.4, 0.5) is 32.0 Å². The quantitative estimate of drug-likeness (QED) is 0.431. The number of ether oxygens (including phenoxy) is 1. The summed E-state index contributed by atoms with van der Waals surface area (Å²) in [4.78, 5) is 41.0. The first kappa shape index (κ1) is 29.6. The fraction of sp³-hybridized carbons (Fsp3) is 0.333. The van der Waals surface area contributed by atoms with Gasteiger partial charge in [-0.3, -0.25) is 9.59 Å². The van der Waals surface area contributed by atoms with Gasteiger partial charge in [-0.05, 0) is 36.8 Å². The monoisotopic (exact) mass is 583 g/mol. The largest absolute Gasteiger partial charge is 0.490 e. The van der Waals surface area contributed by atoms with Gasteiger partial charge in [-0.25, -0.2) is 22.9 Å². The highest BCUT2D eigenvalue weighted by Crippen LogP contribution is 2.33. The van der Waals surface area contributed by atoms with Crippen molar-refractivity contribution in [2.75, 3.05) is 24.5 Å². The molecule has 0 spiro atoms. The molecule has 1 aromatic heterocycles. The number of carboxylic acids is 1. The molecule has 0 bridgehead atoms. The first-order valence-electron chi connectivity index (χ1n) is 12.4. The van der Waals surface area contributed by atoms with Gasteiger partial charge in [-0.1, -0.05) is 18.2 Å². The minimum Gasteiger partial charge on any atom is -0.475 e.